The molecule has 0 radical (unpaired) electrons. The summed E-state index contributed by atoms with van der Waals surface area (Å²) < 4.78 is 5.18. The molecule has 1 aliphatic carbocycles. The van der Waals surface area contributed by atoms with Gasteiger partial charge in [-0.1, -0.05) is 25.1 Å². The molecule has 162 valence electrons. The second-order valence-corrected chi connectivity index (χ2v) is 9.30. The summed E-state index contributed by atoms with van der Waals surface area (Å²) in [6, 6.07) is 14.2. The molecule has 2 aliphatic rings. The van der Waals surface area contributed by atoms with Gasteiger partial charge in [-0.05, 0) is 99.0 Å². The van der Waals surface area contributed by atoms with Gasteiger partial charge >= 0.3 is 5.97 Å². The van der Waals surface area contributed by atoms with Gasteiger partial charge in [-0.3, -0.25) is 9.69 Å². The Morgan fingerprint density at radius 1 is 1.00 bits per heavy atom. The molecule has 4 heteroatoms. The van der Waals surface area contributed by atoms with E-state index in [1.54, 1.807) is 0 Å². The molecule has 2 fully saturated rings. The molecule has 2 aromatic carbocycles. The van der Waals surface area contributed by atoms with Crippen molar-refractivity contribution in [1.82, 2.24) is 4.90 Å². The first-order valence-corrected chi connectivity index (χ1v) is 11.8. The van der Waals surface area contributed by atoms with Crippen LogP contribution in [-0.2, 0) is 16.1 Å². The van der Waals surface area contributed by atoms with E-state index in [1.807, 2.05) is 6.92 Å². The van der Waals surface area contributed by atoms with E-state index in [2.05, 4.69) is 53.5 Å². The molecule has 0 amide bonds. The molecule has 0 aromatic heterocycles. The molecule has 1 aliphatic heterocycles. The maximum absolute atomic E-state index is 11.9. The topological polar surface area (TPSA) is 41.6 Å². The average molecular weight is 409 g/mol. The predicted octanol–water partition coefficient (Wildman–Crippen LogP) is 5.61. The normalized spacial score (nSPS) is 23.4. The number of nitrogens with zero attached hydrogens (tertiary/aromatic N) is 1. The lowest BCUT2D eigenvalue weighted by molar-refractivity contribution is -0.149. The zero-order valence-corrected chi connectivity index (χ0v) is 18.5. The van der Waals surface area contributed by atoms with Crippen molar-refractivity contribution >= 4 is 22.4 Å². The molecular formula is C26H36N2O2. The summed E-state index contributed by atoms with van der Waals surface area (Å²) in [5.74, 6) is 0.945. The van der Waals surface area contributed by atoms with Crippen LogP contribution in [0.15, 0.2) is 36.4 Å². The first-order valence-electron chi connectivity index (χ1n) is 11.8. The third-order valence-electron chi connectivity index (χ3n) is 6.90. The third kappa shape index (κ3) is 5.34. The molecule has 1 heterocycles. The number of rotatable bonds is 6. The Morgan fingerprint density at radius 3 is 2.43 bits per heavy atom. The van der Waals surface area contributed by atoms with Crippen molar-refractivity contribution in [3.05, 3.63) is 42.0 Å². The number of fused-ring (bicyclic) bond motifs is 1. The van der Waals surface area contributed by atoms with Crippen molar-refractivity contribution in [1.29, 1.82) is 0 Å². The van der Waals surface area contributed by atoms with Crippen LogP contribution in [0.1, 0.15) is 57.9 Å². The van der Waals surface area contributed by atoms with Gasteiger partial charge in [0, 0.05) is 18.3 Å². The number of hydrogen-bond acceptors (Lipinski definition) is 4. The highest BCUT2D eigenvalue weighted by atomic mass is 16.5. The van der Waals surface area contributed by atoms with Crippen LogP contribution in [-0.4, -0.2) is 36.6 Å². The Morgan fingerprint density at radius 2 is 1.70 bits per heavy atom. The fraction of sp³-hybridized carbons (Fsp3) is 0.577. The van der Waals surface area contributed by atoms with Gasteiger partial charge in [-0.25, -0.2) is 0 Å². The number of carbonyl (C=O) groups is 1. The quantitative estimate of drug-likeness (QED) is 0.631. The minimum Gasteiger partial charge on any atom is -0.466 e. The molecular weight excluding hydrogens is 372 g/mol. The number of carbonyl (C=O) groups excluding carboxylic acids is 1. The largest absolute Gasteiger partial charge is 0.466 e. The van der Waals surface area contributed by atoms with Gasteiger partial charge < -0.3 is 10.1 Å². The van der Waals surface area contributed by atoms with E-state index < -0.39 is 0 Å². The summed E-state index contributed by atoms with van der Waals surface area (Å²) in [5.41, 5.74) is 2.59. The molecule has 0 spiro atoms. The molecule has 1 N–H and O–H groups in total. The van der Waals surface area contributed by atoms with Gasteiger partial charge in [-0.15, -0.1) is 0 Å². The number of piperidine rings is 1. The molecule has 0 bridgehead atoms. The van der Waals surface area contributed by atoms with Gasteiger partial charge in [0.15, 0.2) is 0 Å². The van der Waals surface area contributed by atoms with E-state index in [0.29, 0.717) is 12.6 Å². The van der Waals surface area contributed by atoms with E-state index in [0.717, 1.165) is 38.4 Å². The highest BCUT2D eigenvalue weighted by Crippen LogP contribution is 2.28. The summed E-state index contributed by atoms with van der Waals surface area (Å²) in [7, 11) is 0. The minimum atomic E-state index is -0.0185. The first kappa shape index (κ1) is 21.2. The van der Waals surface area contributed by atoms with Gasteiger partial charge in [-0.2, -0.15) is 0 Å². The van der Waals surface area contributed by atoms with Gasteiger partial charge in [0.05, 0.1) is 12.5 Å². The summed E-state index contributed by atoms with van der Waals surface area (Å²) >= 11 is 0. The van der Waals surface area contributed by atoms with Crippen LogP contribution < -0.4 is 5.32 Å². The molecule has 4 rings (SSSR count). The predicted molar refractivity (Wildman–Crippen MR) is 124 cm³/mol. The number of nitrogens with one attached hydrogen (secondary N) is 1. The van der Waals surface area contributed by atoms with Crippen LogP contribution >= 0.6 is 0 Å². The zero-order chi connectivity index (χ0) is 20.9. The fourth-order valence-corrected chi connectivity index (χ4v) is 4.97. The summed E-state index contributed by atoms with van der Waals surface area (Å²) in [4.78, 5) is 14.4. The summed E-state index contributed by atoms with van der Waals surface area (Å²) in [6.07, 6.45) is 7.05. The Bertz CT molecular complexity index is 849. The highest BCUT2D eigenvalue weighted by molar-refractivity contribution is 5.86. The van der Waals surface area contributed by atoms with Crippen molar-refractivity contribution in [3.63, 3.8) is 0 Å². The van der Waals surface area contributed by atoms with Crippen LogP contribution in [0.25, 0.3) is 10.8 Å². The number of ether oxygens (including phenoxy) is 1. The Hall–Kier alpha value is -2.07. The van der Waals surface area contributed by atoms with E-state index in [1.165, 1.54) is 47.7 Å². The number of esters is 1. The Kier molecular flexibility index (Phi) is 6.93. The molecule has 0 atom stereocenters. The molecule has 2 aromatic rings. The third-order valence-corrected chi connectivity index (χ3v) is 6.90. The first-order chi connectivity index (χ1) is 14.6. The van der Waals surface area contributed by atoms with Crippen molar-refractivity contribution < 1.29 is 9.53 Å². The van der Waals surface area contributed by atoms with Gasteiger partial charge in [0.2, 0.25) is 0 Å². The average Bonchev–Trinajstić information content (AvgIpc) is 2.76. The number of anilines is 1. The lowest BCUT2D eigenvalue weighted by atomic mass is 9.87. The van der Waals surface area contributed by atoms with Crippen LogP contribution in [0.5, 0.6) is 0 Å². The van der Waals surface area contributed by atoms with Gasteiger partial charge in [0.25, 0.3) is 0 Å². The second kappa shape index (κ2) is 9.82. The van der Waals surface area contributed by atoms with Crippen LogP contribution in [0.2, 0.25) is 0 Å². The lowest BCUT2D eigenvalue weighted by Gasteiger charge is -2.30. The monoisotopic (exact) mass is 408 g/mol. The van der Waals surface area contributed by atoms with E-state index in [4.69, 9.17) is 4.74 Å². The molecule has 1 saturated heterocycles. The van der Waals surface area contributed by atoms with Crippen molar-refractivity contribution in [2.24, 2.45) is 11.8 Å². The van der Waals surface area contributed by atoms with Crippen LogP contribution in [0, 0.1) is 11.8 Å². The minimum absolute atomic E-state index is 0.0185. The molecule has 0 unspecified atom stereocenters. The van der Waals surface area contributed by atoms with Crippen molar-refractivity contribution in [3.8, 4) is 0 Å². The maximum Gasteiger partial charge on any atom is 0.309 e. The maximum atomic E-state index is 11.9. The number of likely N-dealkylation sites (tertiary alicyclic amines) is 1. The SMILES string of the molecule is CCOC(=O)C1CCN(Cc2ccc3cc(N[C@H]4CC[C@@H](C)CC4)ccc3c2)CC1. The smallest absolute Gasteiger partial charge is 0.309 e. The standard InChI is InChI=1S/C26H36N2O2/c1-3-30-26(29)21-12-14-28(15-13-21)18-20-6-7-23-17-25(11-8-22(23)16-20)27-24-9-4-19(2)5-10-24/h6-8,11,16-17,19,21,24,27H,3-5,9-10,12-15,18H2,1-2H3/t19-,24+. The van der Waals surface area contributed by atoms with E-state index in [-0.39, 0.29) is 11.9 Å². The van der Waals surface area contributed by atoms with Crippen LogP contribution in [0.4, 0.5) is 5.69 Å². The van der Waals surface area contributed by atoms with Crippen molar-refractivity contribution in [2.75, 3.05) is 25.0 Å². The van der Waals surface area contributed by atoms with E-state index in [9.17, 15) is 4.79 Å². The molecule has 1 saturated carbocycles. The number of benzene rings is 2. The number of hydrogen-bond donors (Lipinski definition) is 1. The fourth-order valence-electron chi connectivity index (χ4n) is 4.97. The Labute approximate surface area is 181 Å². The van der Waals surface area contributed by atoms with E-state index >= 15 is 0 Å². The van der Waals surface area contributed by atoms with Gasteiger partial charge in [0.1, 0.15) is 0 Å². The second-order valence-electron chi connectivity index (χ2n) is 9.30. The lowest BCUT2D eigenvalue weighted by Crippen LogP contribution is -2.36. The Balaban J connectivity index is 1.33. The molecule has 30 heavy (non-hydrogen) atoms. The summed E-state index contributed by atoms with van der Waals surface area (Å²) in [6.45, 7) is 7.60. The van der Waals surface area contributed by atoms with Crippen LogP contribution in [0.3, 0.4) is 0 Å². The van der Waals surface area contributed by atoms with Crippen molar-refractivity contribution in [2.45, 2.75) is 65.0 Å². The molecule has 4 nitrogen and oxygen atoms in total. The zero-order valence-electron chi connectivity index (χ0n) is 18.5. The highest BCUT2D eigenvalue weighted by Gasteiger charge is 2.26. The summed E-state index contributed by atoms with van der Waals surface area (Å²) in [5, 5.41) is 6.35.